The van der Waals surface area contributed by atoms with Crippen LogP contribution in [0.1, 0.15) is 39.0 Å². The van der Waals surface area contributed by atoms with Crippen LogP contribution < -0.4 is 9.64 Å². The Morgan fingerprint density at radius 1 is 0.831 bits per heavy atom. The van der Waals surface area contributed by atoms with Gasteiger partial charge in [0.05, 0.1) is 23.1 Å². The maximum absolute atomic E-state index is 13.7. The Morgan fingerprint density at radius 3 is 2.00 bits per heavy atom. The fraction of sp³-hybridized carbons (Fsp3) is 0.231. The van der Waals surface area contributed by atoms with Crippen LogP contribution in [0.5, 0.6) is 11.6 Å². The number of nitrogens with zero attached hydrogens (tertiary/aromatic N) is 6. The lowest BCUT2D eigenvalue weighted by Crippen LogP contribution is -2.53. The molecule has 0 aliphatic carbocycles. The average Bonchev–Trinajstić information content (AvgIpc) is 3.53. The van der Waals surface area contributed by atoms with E-state index in [1.54, 1.807) is 24.4 Å². The molecule has 59 heavy (non-hydrogen) atoms. The smallest absolute Gasteiger partial charge is 0.416 e. The minimum Gasteiger partial charge on any atom is -0.473 e. The van der Waals surface area contributed by atoms with Gasteiger partial charge < -0.3 is 39.5 Å². The summed E-state index contributed by atoms with van der Waals surface area (Å²) in [7, 11) is 3.39. The lowest BCUT2D eigenvalue weighted by atomic mass is 10.1. The third kappa shape index (κ3) is 11.8. The van der Waals surface area contributed by atoms with Crippen molar-refractivity contribution in [2.45, 2.75) is 25.7 Å². The molecular weight excluding hydrogens is 785 g/mol. The number of aromatic nitrogens is 3. The highest BCUT2D eigenvalue weighted by molar-refractivity contribution is 6.27. The highest BCUT2D eigenvalue weighted by Gasteiger charge is 2.31. The van der Waals surface area contributed by atoms with Crippen LogP contribution in [0.25, 0.3) is 10.9 Å². The molecule has 5 aromatic rings. The second-order valence-corrected chi connectivity index (χ2v) is 12.8. The molecule has 0 unspecified atom stereocenters. The van der Waals surface area contributed by atoms with Crippen molar-refractivity contribution in [2.75, 3.05) is 31.6 Å². The summed E-state index contributed by atoms with van der Waals surface area (Å²) in [6.07, 6.45) is -1.23. The molecule has 1 aliphatic heterocycles. The number of anilines is 1. The van der Waals surface area contributed by atoms with Crippen molar-refractivity contribution in [1.29, 1.82) is 0 Å². The van der Waals surface area contributed by atoms with Crippen LogP contribution in [0.4, 0.5) is 18.9 Å². The monoisotopic (exact) mass is 822 g/mol. The molecule has 1 fully saturated rings. The van der Waals surface area contributed by atoms with Gasteiger partial charge in [0.2, 0.25) is 5.88 Å². The third-order valence-corrected chi connectivity index (χ3v) is 8.78. The Labute approximate surface area is 333 Å². The molecule has 310 valence electrons. The maximum Gasteiger partial charge on any atom is 0.416 e. The number of carboxylic acids is 4. The fourth-order valence-electron chi connectivity index (χ4n) is 5.81. The van der Waals surface area contributed by atoms with Crippen LogP contribution in [-0.4, -0.2) is 113 Å². The predicted octanol–water partition coefficient (Wildman–Crippen LogP) is 4.71. The number of pyridine rings is 2. The number of ether oxygens (including phenoxy) is 1. The summed E-state index contributed by atoms with van der Waals surface area (Å²) in [5.41, 5.74) is 2.22. The number of aliphatic carboxylic acids is 4. The standard InChI is InChI=1S/C35H33F3N6O3.2C2H2O4/c1-23-21-43(22-27-6-4-5-15-39-27)16-17-44(23)34(46)31-19-25-18-29(12-13-30(25)42(31)3)47-32-14-11-28(20-40-32)41(2)33(45)24-7-9-26(10-8-24)35(36,37)38;2*3-1(4)2(5)6/h4-15,18-20,23H,16-17,21-22H2,1-3H3;2*(H,3,4)(H,5,6)/t23-;;/m0../s1. The summed E-state index contributed by atoms with van der Waals surface area (Å²) in [5, 5.41) is 30.4. The van der Waals surface area contributed by atoms with Gasteiger partial charge in [-0.1, -0.05) is 6.07 Å². The zero-order chi connectivity index (χ0) is 43.6. The summed E-state index contributed by atoms with van der Waals surface area (Å²) in [4.78, 5) is 77.2. The topological polar surface area (TPSA) is 233 Å². The summed E-state index contributed by atoms with van der Waals surface area (Å²) in [6, 6.07) is 20.6. The first-order chi connectivity index (χ1) is 27.8. The van der Waals surface area contributed by atoms with E-state index in [1.807, 2.05) is 52.9 Å². The first kappa shape index (κ1) is 44.4. The zero-order valence-electron chi connectivity index (χ0n) is 31.5. The number of hydrogen-bond donors (Lipinski definition) is 4. The van der Waals surface area contributed by atoms with Crippen molar-refractivity contribution in [1.82, 2.24) is 24.3 Å². The van der Waals surface area contributed by atoms with Crippen LogP contribution in [0.15, 0.2) is 91.3 Å². The number of aryl methyl sites for hydroxylation is 1. The van der Waals surface area contributed by atoms with Gasteiger partial charge in [-0.15, -0.1) is 0 Å². The van der Waals surface area contributed by atoms with Gasteiger partial charge in [0, 0.05) is 75.0 Å². The average molecular weight is 823 g/mol. The van der Waals surface area contributed by atoms with Crippen molar-refractivity contribution in [3.05, 3.63) is 114 Å². The molecule has 2 aromatic carbocycles. The molecule has 3 aromatic heterocycles. The summed E-state index contributed by atoms with van der Waals surface area (Å²) < 4.78 is 46.5. The van der Waals surface area contributed by atoms with Gasteiger partial charge in [-0.25, -0.2) is 24.2 Å². The second-order valence-electron chi connectivity index (χ2n) is 12.8. The van der Waals surface area contributed by atoms with Crippen LogP contribution >= 0.6 is 0 Å². The normalized spacial score (nSPS) is 13.9. The number of alkyl halides is 3. The quantitative estimate of drug-likeness (QED) is 0.163. The van der Waals surface area contributed by atoms with Gasteiger partial charge in [-0.2, -0.15) is 13.2 Å². The fourth-order valence-corrected chi connectivity index (χ4v) is 5.81. The van der Waals surface area contributed by atoms with Crippen molar-refractivity contribution in [3.8, 4) is 11.6 Å². The molecule has 0 radical (unpaired) electrons. The Hall–Kier alpha value is -7.35. The van der Waals surface area contributed by atoms with Crippen LogP contribution in [0.2, 0.25) is 0 Å². The first-order valence-electron chi connectivity index (χ1n) is 17.3. The first-order valence-corrected chi connectivity index (χ1v) is 17.3. The van der Waals surface area contributed by atoms with Crippen molar-refractivity contribution in [3.63, 3.8) is 0 Å². The molecule has 6 rings (SSSR count). The van der Waals surface area contributed by atoms with Crippen molar-refractivity contribution in [2.24, 2.45) is 7.05 Å². The van der Waals surface area contributed by atoms with Gasteiger partial charge in [-0.3, -0.25) is 19.5 Å². The molecule has 20 heteroatoms. The molecule has 17 nitrogen and oxygen atoms in total. The molecule has 0 saturated carbocycles. The van der Waals surface area contributed by atoms with E-state index in [0.29, 0.717) is 23.7 Å². The molecule has 2 amide bonds. The van der Waals surface area contributed by atoms with Gasteiger partial charge in [0.25, 0.3) is 11.8 Å². The molecule has 0 spiro atoms. The van der Waals surface area contributed by atoms with Crippen LogP contribution in [0.3, 0.4) is 0 Å². The van der Waals surface area contributed by atoms with E-state index in [2.05, 4.69) is 21.8 Å². The third-order valence-electron chi connectivity index (χ3n) is 8.78. The Bertz CT molecular complexity index is 2270. The predicted molar refractivity (Wildman–Crippen MR) is 202 cm³/mol. The van der Waals surface area contributed by atoms with Gasteiger partial charge in [0.15, 0.2) is 0 Å². The van der Waals surface area contributed by atoms with E-state index in [4.69, 9.17) is 44.3 Å². The van der Waals surface area contributed by atoms with Crippen LogP contribution in [0, 0.1) is 0 Å². The lowest BCUT2D eigenvalue weighted by molar-refractivity contribution is -0.159. The van der Waals surface area contributed by atoms with E-state index in [1.165, 1.54) is 18.1 Å². The Balaban J connectivity index is 0.000000561. The number of rotatable bonds is 7. The van der Waals surface area contributed by atoms with Crippen molar-refractivity contribution < 1.29 is 67.1 Å². The van der Waals surface area contributed by atoms with Crippen LogP contribution in [-0.2, 0) is 38.9 Å². The number of halogens is 3. The van der Waals surface area contributed by atoms with E-state index in [-0.39, 0.29) is 23.4 Å². The number of hydrogen-bond acceptors (Lipinski definition) is 10. The second kappa shape index (κ2) is 19.2. The number of carboxylic acid groups (broad SMARTS) is 4. The molecular formula is C39H37F3N6O11. The SMILES string of the molecule is C[C@H]1CN(Cc2ccccn2)CCN1C(=O)c1cc2cc(Oc3ccc(N(C)C(=O)c4ccc(C(F)(F)F)cc4)cn3)ccc2n1C.O=C(O)C(=O)O.O=C(O)C(=O)O. The highest BCUT2D eigenvalue weighted by atomic mass is 19.4. The zero-order valence-corrected chi connectivity index (χ0v) is 31.5. The number of carbonyl (C=O) groups excluding carboxylic acids is 2. The Kier molecular flexibility index (Phi) is 14.4. The minimum atomic E-state index is -4.48. The summed E-state index contributed by atoms with van der Waals surface area (Å²) >= 11 is 0. The van der Waals surface area contributed by atoms with Gasteiger partial charge in [-0.05, 0) is 73.7 Å². The molecule has 1 atom stereocenters. The highest BCUT2D eigenvalue weighted by Crippen LogP contribution is 2.31. The van der Waals surface area contributed by atoms with E-state index in [0.717, 1.165) is 60.5 Å². The summed E-state index contributed by atoms with van der Waals surface area (Å²) in [6.45, 7) is 4.96. The minimum absolute atomic E-state index is 0.0247. The lowest BCUT2D eigenvalue weighted by Gasteiger charge is -2.39. The molecule has 1 saturated heterocycles. The maximum atomic E-state index is 13.7. The van der Waals surface area contributed by atoms with E-state index >= 15 is 0 Å². The largest absolute Gasteiger partial charge is 0.473 e. The summed E-state index contributed by atoms with van der Waals surface area (Å²) in [5.74, 6) is -6.99. The van der Waals surface area contributed by atoms with Crippen molar-refractivity contribution >= 4 is 52.3 Å². The Morgan fingerprint density at radius 2 is 1.47 bits per heavy atom. The molecule has 4 N–H and O–H groups in total. The van der Waals surface area contributed by atoms with Gasteiger partial charge in [0.1, 0.15) is 11.4 Å². The number of piperazine rings is 1. The van der Waals surface area contributed by atoms with E-state index < -0.39 is 41.5 Å². The number of fused-ring (bicyclic) bond motifs is 1. The number of carbonyl (C=O) groups is 6. The molecule has 4 heterocycles. The van der Waals surface area contributed by atoms with E-state index in [9.17, 15) is 22.8 Å². The number of amides is 2. The molecule has 0 bridgehead atoms. The van der Waals surface area contributed by atoms with Gasteiger partial charge >= 0.3 is 30.1 Å². The molecule has 1 aliphatic rings. The number of benzene rings is 2.